The van der Waals surface area contributed by atoms with E-state index in [2.05, 4.69) is 5.32 Å². The lowest BCUT2D eigenvalue weighted by molar-refractivity contribution is -0.131. The molecule has 1 fully saturated rings. The monoisotopic (exact) mass is 351 g/mol. The molecule has 1 atom stereocenters. The minimum absolute atomic E-state index is 0.0121. The maximum absolute atomic E-state index is 12.5. The highest BCUT2D eigenvalue weighted by atomic mass is 16.2. The summed E-state index contributed by atoms with van der Waals surface area (Å²) in [6.07, 6.45) is 0.623. The third-order valence-electron chi connectivity index (χ3n) is 4.35. The van der Waals surface area contributed by atoms with Crippen molar-refractivity contribution < 1.29 is 14.4 Å². The molecule has 2 aromatic rings. The van der Waals surface area contributed by atoms with Gasteiger partial charge in [-0.1, -0.05) is 60.7 Å². The second-order valence-corrected chi connectivity index (χ2v) is 6.34. The average Bonchev–Trinajstić information content (AvgIpc) is 2.89. The molecular formula is C20H21N3O3. The maximum atomic E-state index is 12.5. The van der Waals surface area contributed by atoms with Gasteiger partial charge in [-0.05, 0) is 17.5 Å². The molecular weight excluding hydrogens is 330 g/mol. The number of nitrogens with zero attached hydrogens (tertiary/aromatic N) is 2. The number of hydrogen-bond donors (Lipinski definition) is 1. The van der Waals surface area contributed by atoms with Crippen molar-refractivity contribution in [2.45, 2.75) is 12.5 Å². The van der Waals surface area contributed by atoms with Gasteiger partial charge in [0, 0.05) is 7.05 Å². The summed E-state index contributed by atoms with van der Waals surface area (Å²) in [7, 11) is 1.54. The summed E-state index contributed by atoms with van der Waals surface area (Å²) in [6, 6.07) is 18.8. The molecule has 0 aromatic heterocycles. The van der Waals surface area contributed by atoms with E-state index in [-0.39, 0.29) is 30.9 Å². The van der Waals surface area contributed by atoms with Gasteiger partial charge in [-0.2, -0.15) is 0 Å². The Balaban J connectivity index is 1.72. The van der Waals surface area contributed by atoms with Crippen LogP contribution in [0.25, 0.3) is 0 Å². The van der Waals surface area contributed by atoms with Crippen molar-refractivity contribution in [3.8, 4) is 0 Å². The topological polar surface area (TPSA) is 69.7 Å². The third kappa shape index (κ3) is 4.08. The zero-order chi connectivity index (χ0) is 18.5. The molecule has 2 aromatic carbocycles. The van der Waals surface area contributed by atoms with E-state index in [1.807, 2.05) is 60.7 Å². The maximum Gasteiger partial charge on any atom is 0.327 e. The van der Waals surface area contributed by atoms with E-state index >= 15 is 0 Å². The first-order valence-corrected chi connectivity index (χ1v) is 8.48. The fraction of sp³-hybridized carbons (Fsp3) is 0.250. The number of imide groups is 1. The van der Waals surface area contributed by atoms with E-state index < -0.39 is 6.03 Å². The van der Waals surface area contributed by atoms with Gasteiger partial charge in [0.1, 0.15) is 13.1 Å². The SMILES string of the molecule is CN1CC(=O)N(CC(=O)NC(Cc2ccccc2)c2ccccc2)C1=O. The van der Waals surface area contributed by atoms with Crippen molar-refractivity contribution in [2.75, 3.05) is 20.1 Å². The lowest BCUT2D eigenvalue weighted by Gasteiger charge is -2.21. The summed E-state index contributed by atoms with van der Waals surface area (Å²) in [5, 5.41) is 2.96. The Bertz CT molecular complexity index is 792. The fourth-order valence-corrected chi connectivity index (χ4v) is 3.00. The van der Waals surface area contributed by atoms with Crippen molar-refractivity contribution >= 4 is 17.8 Å². The highest BCUT2D eigenvalue weighted by Gasteiger charge is 2.35. The average molecular weight is 351 g/mol. The number of amides is 4. The summed E-state index contributed by atoms with van der Waals surface area (Å²) < 4.78 is 0. The Kier molecular flexibility index (Phi) is 5.31. The van der Waals surface area contributed by atoms with E-state index in [0.29, 0.717) is 6.42 Å². The quantitative estimate of drug-likeness (QED) is 0.809. The van der Waals surface area contributed by atoms with Crippen LogP contribution in [-0.4, -0.2) is 47.8 Å². The predicted molar refractivity (Wildman–Crippen MR) is 97.2 cm³/mol. The van der Waals surface area contributed by atoms with Crippen molar-refractivity contribution in [2.24, 2.45) is 0 Å². The van der Waals surface area contributed by atoms with Gasteiger partial charge in [0.05, 0.1) is 6.04 Å². The number of likely N-dealkylation sites (N-methyl/N-ethyl adjacent to an activating group) is 1. The summed E-state index contributed by atoms with van der Waals surface area (Å²) >= 11 is 0. The van der Waals surface area contributed by atoms with E-state index in [9.17, 15) is 14.4 Å². The van der Waals surface area contributed by atoms with E-state index in [4.69, 9.17) is 0 Å². The normalized spacial score (nSPS) is 15.3. The van der Waals surface area contributed by atoms with E-state index in [1.165, 1.54) is 4.90 Å². The molecule has 1 aliphatic rings. The summed E-state index contributed by atoms with van der Waals surface area (Å²) in [6.45, 7) is -0.252. The van der Waals surface area contributed by atoms with Crippen LogP contribution in [-0.2, 0) is 16.0 Å². The van der Waals surface area contributed by atoms with Gasteiger partial charge in [0.15, 0.2) is 0 Å². The molecule has 1 N–H and O–H groups in total. The lowest BCUT2D eigenvalue weighted by Crippen LogP contribution is -2.42. The smallest absolute Gasteiger partial charge is 0.327 e. The van der Waals surface area contributed by atoms with Crippen molar-refractivity contribution in [1.82, 2.24) is 15.1 Å². The molecule has 6 nitrogen and oxygen atoms in total. The molecule has 0 aliphatic carbocycles. The van der Waals surface area contributed by atoms with Crippen molar-refractivity contribution in [3.05, 3.63) is 71.8 Å². The minimum Gasteiger partial charge on any atom is -0.347 e. The first-order valence-electron chi connectivity index (χ1n) is 8.48. The van der Waals surface area contributed by atoms with Gasteiger partial charge >= 0.3 is 6.03 Å². The van der Waals surface area contributed by atoms with Crippen LogP contribution in [0.15, 0.2) is 60.7 Å². The second kappa shape index (κ2) is 7.82. The van der Waals surface area contributed by atoms with Gasteiger partial charge in [-0.25, -0.2) is 4.79 Å². The Labute approximate surface area is 152 Å². The number of carbonyl (C=O) groups is 3. The number of urea groups is 1. The van der Waals surface area contributed by atoms with Crippen LogP contribution >= 0.6 is 0 Å². The molecule has 0 spiro atoms. The highest BCUT2D eigenvalue weighted by molar-refractivity contribution is 6.04. The predicted octanol–water partition coefficient (Wildman–Crippen LogP) is 1.98. The molecule has 1 unspecified atom stereocenters. The molecule has 26 heavy (non-hydrogen) atoms. The van der Waals surface area contributed by atoms with Gasteiger partial charge in [-0.3, -0.25) is 14.5 Å². The zero-order valence-electron chi connectivity index (χ0n) is 14.6. The highest BCUT2D eigenvalue weighted by Crippen LogP contribution is 2.18. The molecule has 3 rings (SSSR count). The summed E-state index contributed by atoms with van der Waals surface area (Å²) in [5.74, 6) is -0.709. The van der Waals surface area contributed by atoms with Crippen LogP contribution in [0.2, 0.25) is 0 Å². The fourth-order valence-electron chi connectivity index (χ4n) is 3.00. The van der Waals surface area contributed by atoms with E-state index in [0.717, 1.165) is 16.0 Å². The molecule has 1 saturated heterocycles. The third-order valence-corrected chi connectivity index (χ3v) is 4.35. The van der Waals surface area contributed by atoms with Gasteiger partial charge < -0.3 is 10.2 Å². The van der Waals surface area contributed by atoms with Crippen LogP contribution in [0.3, 0.4) is 0 Å². The summed E-state index contributed by atoms with van der Waals surface area (Å²) in [5.41, 5.74) is 2.07. The Hall–Kier alpha value is -3.15. The first-order chi connectivity index (χ1) is 12.5. The first kappa shape index (κ1) is 17.7. The molecule has 1 aliphatic heterocycles. The lowest BCUT2D eigenvalue weighted by atomic mass is 9.99. The number of nitrogens with one attached hydrogen (secondary N) is 1. The molecule has 1 heterocycles. The van der Waals surface area contributed by atoms with Gasteiger partial charge in [0.25, 0.3) is 5.91 Å². The molecule has 0 bridgehead atoms. The molecule has 134 valence electrons. The number of benzene rings is 2. The van der Waals surface area contributed by atoms with Crippen LogP contribution in [0, 0.1) is 0 Å². The van der Waals surface area contributed by atoms with Crippen molar-refractivity contribution in [3.63, 3.8) is 0 Å². The van der Waals surface area contributed by atoms with Gasteiger partial charge in [-0.15, -0.1) is 0 Å². The molecule has 0 saturated carbocycles. The molecule has 6 heteroatoms. The number of hydrogen-bond acceptors (Lipinski definition) is 3. The standard InChI is InChI=1S/C20H21N3O3/c1-22-14-19(25)23(20(22)26)13-18(24)21-17(16-10-6-3-7-11-16)12-15-8-4-2-5-9-15/h2-11,17H,12-14H2,1H3,(H,21,24). The Morgan fingerprint density at radius 3 is 2.23 bits per heavy atom. The van der Waals surface area contributed by atoms with Crippen LogP contribution < -0.4 is 5.32 Å². The molecule has 0 radical (unpaired) electrons. The molecule has 4 amide bonds. The number of rotatable bonds is 6. The summed E-state index contributed by atoms with van der Waals surface area (Å²) in [4.78, 5) is 38.6. The van der Waals surface area contributed by atoms with Crippen LogP contribution in [0.1, 0.15) is 17.2 Å². The number of carbonyl (C=O) groups excluding carboxylic acids is 3. The van der Waals surface area contributed by atoms with Crippen LogP contribution in [0.5, 0.6) is 0 Å². The van der Waals surface area contributed by atoms with Gasteiger partial charge in [0.2, 0.25) is 5.91 Å². The second-order valence-electron chi connectivity index (χ2n) is 6.34. The Morgan fingerprint density at radius 2 is 1.65 bits per heavy atom. The van der Waals surface area contributed by atoms with Crippen LogP contribution in [0.4, 0.5) is 4.79 Å². The Morgan fingerprint density at radius 1 is 1.04 bits per heavy atom. The minimum atomic E-state index is -0.440. The van der Waals surface area contributed by atoms with Crippen molar-refractivity contribution in [1.29, 1.82) is 0 Å². The van der Waals surface area contributed by atoms with E-state index in [1.54, 1.807) is 7.05 Å². The zero-order valence-corrected chi connectivity index (χ0v) is 14.6. The largest absolute Gasteiger partial charge is 0.347 e.